The Morgan fingerprint density at radius 1 is 0.688 bits per heavy atom. The van der Waals surface area contributed by atoms with E-state index in [1.807, 2.05) is 0 Å². The van der Waals surface area contributed by atoms with Gasteiger partial charge in [0.05, 0.1) is 11.4 Å². The van der Waals surface area contributed by atoms with Gasteiger partial charge >= 0.3 is 0 Å². The van der Waals surface area contributed by atoms with Crippen LogP contribution in [0.5, 0.6) is 0 Å². The summed E-state index contributed by atoms with van der Waals surface area (Å²) in [5, 5.41) is 1.79. The second kappa shape index (κ2) is 5.38. The number of Topliss-reactive ketones (excluding diaryl/α,β-unsaturated/α-hetero) is 1. The fourth-order valence-electron chi connectivity index (χ4n) is 4.18. The highest BCUT2D eigenvalue weighted by Crippen LogP contribution is 2.48. The maximum Gasteiger partial charge on any atom is 0.285 e. The first kappa shape index (κ1) is 19.4. The van der Waals surface area contributed by atoms with Crippen molar-refractivity contribution >= 4 is 64.4 Å². The minimum Gasteiger partial charge on any atom is -0.295 e. The van der Waals surface area contributed by atoms with Crippen LogP contribution >= 0.6 is 0 Å². The Balaban J connectivity index is 1.55. The molecule has 4 aliphatic rings. The monoisotopic (exact) mass is 438 g/mol. The molecule has 2 spiro atoms. The number of nitrogens with zero attached hydrogens (tertiary/aromatic N) is 3. The Kier molecular flexibility index (Phi) is 3.26. The van der Waals surface area contributed by atoms with Crippen LogP contribution in [0.2, 0.25) is 0 Å². The molecule has 160 valence electrons. The molecule has 1 aromatic rings. The molecule has 5 rings (SSSR count). The quantitative estimate of drug-likeness (QED) is 0.298. The third-order valence-electron chi connectivity index (χ3n) is 6.08. The smallest absolute Gasteiger partial charge is 0.285 e. The van der Waals surface area contributed by atoms with Gasteiger partial charge in [-0.2, -0.15) is 0 Å². The van der Waals surface area contributed by atoms with Crippen molar-refractivity contribution in [3.05, 3.63) is 23.8 Å². The lowest BCUT2D eigenvalue weighted by molar-refractivity contribution is -0.185. The lowest BCUT2D eigenvalue weighted by atomic mass is 9.68. The Morgan fingerprint density at radius 3 is 1.47 bits per heavy atom. The Labute approximate surface area is 176 Å². The van der Waals surface area contributed by atoms with E-state index in [-0.39, 0.29) is 16.9 Å². The van der Waals surface area contributed by atoms with Crippen LogP contribution in [-0.4, -0.2) is 65.0 Å². The number of anilines is 2. The van der Waals surface area contributed by atoms with Gasteiger partial charge in [-0.15, -0.1) is 0 Å². The summed E-state index contributed by atoms with van der Waals surface area (Å²) in [5.74, 6) is -9.23. The molecule has 0 saturated carbocycles. The van der Waals surface area contributed by atoms with E-state index >= 15 is 0 Å². The van der Waals surface area contributed by atoms with Crippen LogP contribution in [0.1, 0.15) is 17.3 Å². The molecule has 1 N–H and O–H groups in total. The zero-order valence-electron chi connectivity index (χ0n) is 16.2. The molecule has 0 unspecified atom stereocenters. The predicted molar refractivity (Wildman–Crippen MR) is 97.2 cm³/mol. The number of imide groups is 4. The summed E-state index contributed by atoms with van der Waals surface area (Å²) < 4.78 is 0. The van der Waals surface area contributed by atoms with Crippen molar-refractivity contribution in [3.8, 4) is 0 Å². The lowest BCUT2D eigenvalue weighted by Gasteiger charge is -2.51. The molecular weight excluding hydrogens is 428 g/mol. The van der Waals surface area contributed by atoms with Crippen molar-refractivity contribution < 1.29 is 43.2 Å². The molecule has 0 atom stereocenters. The Bertz CT molecular complexity index is 1260. The van der Waals surface area contributed by atoms with Crippen molar-refractivity contribution in [1.82, 2.24) is 10.2 Å². The summed E-state index contributed by atoms with van der Waals surface area (Å²) in [5.41, 5.74) is -5.58. The molecule has 0 aromatic heterocycles. The number of carbonyl (C=O) groups excluding carboxylic acids is 9. The molecule has 0 radical (unpaired) electrons. The number of β-lactam (4-membered cyclic amide) rings is 8. The van der Waals surface area contributed by atoms with Crippen molar-refractivity contribution in [2.75, 3.05) is 16.8 Å². The first-order valence-electron chi connectivity index (χ1n) is 9.06. The number of hydrogen-bond donors (Lipinski definition) is 1. The molecule has 0 bridgehead atoms. The van der Waals surface area contributed by atoms with Crippen molar-refractivity contribution in [2.45, 2.75) is 6.92 Å². The van der Waals surface area contributed by atoms with Crippen molar-refractivity contribution in [2.24, 2.45) is 10.8 Å². The fourth-order valence-corrected chi connectivity index (χ4v) is 4.18. The number of carbonyl (C=O) groups is 9. The van der Waals surface area contributed by atoms with Gasteiger partial charge in [0.1, 0.15) is 0 Å². The normalized spacial score (nSPS) is 22.6. The van der Waals surface area contributed by atoms with Gasteiger partial charge in [0.25, 0.3) is 58.1 Å². The zero-order valence-corrected chi connectivity index (χ0v) is 16.2. The van der Waals surface area contributed by atoms with Crippen LogP contribution in [0.4, 0.5) is 11.4 Å². The highest BCUT2D eigenvalue weighted by atomic mass is 16.2. The van der Waals surface area contributed by atoms with Crippen LogP contribution in [0.3, 0.4) is 0 Å². The molecule has 1 aromatic carbocycles. The fraction of sp³-hybridized carbons (Fsp3) is 0.211. The molecule has 0 aliphatic carbocycles. The number of likely N-dealkylation sites (tertiary alicyclic amines) is 1. The van der Waals surface area contributed by atoms with E-state index < -0.39 is 63.9 Å². The largest absolute Gasteiger partial charge is 0.295 e. The summed E-state index contributed by atoms with van der Waals surface area (Å²) in [6.45, 7) is 1.14. The van der Waals surface area contributed by atoms with E-state index in [2.05, 4.69) is 0 Å². The van der Waals surface area contributed by atoms with E-state index in [4.69, 9.17) is 0 Å². The Morgan fingerprint density at radius 2 is 1.09 bits per heavy atom. The van der Waals surface area contributed by atoms with Crippen molar-refractivity contribution in [3.63, 3.8) is 0 Å². The molecule has 13 heteroatoms. The third kappa shape index (κ3) is 1.67. The minimum absolute atomic E-state index is 0.117. The molecule has 8 amide bonds. The van der Waals surface area contributed by atoms with Gasteiger partial charge in [-0.25, -0.2) is 9.80 Å². The van der Waals surface area contributed by atoms with Gasteiger partial charge < -0.3 is 0 Å². The minimum atomic E-state index is -2.46. The summed E-state index contributed by atoms with van der Waals surface area (Å²) >= 11 is 0. The van der Waals surface area contributed by atoms with E-state index in [0.717, 1.165) is 32.2 Å². The zero-order chi connectivity index (χ0) is 23.5. The van der Waals surface area contributed by atoms with Crippen molar-refractivity contribution in [1.29, 1.82) is 0 Å². The van der Waals surface area contributed by atoms with Gasteiger partial charge in [0.15, 0.2) is 5.78 Å². The number of rotatable bonds is 3. The van der Waals surface area contributed by atoms with Gasteiger partial charge in [-0.3, -0.25) is 53.4 Å². The van der Waals surface area contributed by atoms with Crippen LogP contribution in [0.15, 0.2) is 18.2 Å². The van der Waals surface area contributed by atoms with Gasteiger partial charge in [-0.05, 0) is 25.1 Å². The van der Waals surface area contributed by atoms with Gasteiger partial charge in [0.2, 0.25) is 0 Å². The summed E-state index contributed by atoms with van der Waals surface area (Å²) in [4.78, 5) is 112. The van der Waals surface area contributed by atoms with Gasteiger partial charge in [0, 0.05) is 12.6 Å². The SMILES string of the molecule is CC(=O)c1cc(N2C(=O)C3(C(=O)NC3=O)C2=O)cc(N2C(=O)C3(C(=O)N(C)C3=O)C2=O)c1. The van der Waals surface area contributed by atoms with Gasteiger partial charge in [-0.1, -0.05) is 0 Å². The highest BCUT2D eigenvalue weighted by molar-refractivity contribution is 6.60. The van der Waals surface area contributed by atoms with E-state index in [9.17, 15) is 43.2 Å². The third-order valence-corrected chi connectivity index (χ3v) is 6.08. The molecule has 4 fully saturated rings. The number of hydrogen-bond acceptors (Lipinski definition) is 9. The Hall–Kier alpha value is -4.55. The number of benzene rings is 1. The standard InChI is InChI=1S/C19H10N4O9/c1-6(24)7-3-8(22-14(29)18(15(22)30)10(25)20-11(18)26)5-9(4-7)23-16(31)19(17(23)32)12(27)21(2)13(19)28/h3-5H,1-2H3,(H,20,25,26). The molecule has 4 aliphatic heterocycles. The summed E-state index contributed by atoms with van der Waals surface area (Å²) in [7, 11) is 1.11. The molecular formula is C19H10N4O9. The first-order valence-corrected chi connectivity index (χ1v) is 9.06. The average molecular weight is 438 g/mol. The maximum absolute atomic E-state index is 12.7. The highest BCUT2D eigenvalue weighted by Gasteiger charge is 2.80. The van der Waals surface area contributed by atoms with E-state index in [1.54, 1.807) is 5.32 Å². The topological polar surface area (TPSA) is 175 Å². The molecule has 32 heavy (non-hydrogen) atoms. The van der Waals surface area contributed by atoms with Crippen LogP contribution in [-0.2, 0) is 38.4 Å². The predicted octanol–water partition coefficient (Wildman–Crippen LogP) is -2.74. The number of ketones is 1. The second-order valence-electron chi connectivity index (χ2n) is 7.64. The lowest BCUT2D eigenvalue weighted by Crippen LogP contribution is -2.84. The summed E-state index contributed by atoms with van der Waals surface area (Å²) in [6, 6.07) is 3.24. The van der Waals surface area contributed by atoms with Crippen LogP contribution < -0.4 is 15.1 Å². The summed E-state index contributed by atoms with van der Waals surface area (Å²) in [6.07, 6.45) is 0. The van der Waals surface area contributed by atoms with E-state index in [0.29, 0.717) is 14.7 Å². The van der Waals surface area contributed by atoms with E-state index in [1.165, 1.54) is 0 Å². The average Bonchev–Trinajstić information content (AvgIpc) is 2.73. The molecule has 13 nitrogen and oxygen atoms in total. The van der Waals surface area contributed by atoms with Crippen LogP contribution in [0.25, 0.3) is 0 Å². The second-order valence-corrected chi connectivity index (χ2v) is 7.64. The maximum atomic E-state index is 12.7. The molecule has 4 saturated heterocycles. The number of nitrogens with one attached hydrogen (secondary N) is 1. The molecule has 4 heterocycles. The number of amides is 8. The van der Waals surface area contributed by atoms with Crippen LogP contribution in [0, 0.1) is 10.8 Å². The first-order chi connectivity index (χ1) is 14.9.